The number of ether oxygens (including phenoxy) is 1. The molecule has 3 rings (SSSR count). The van der Waals surface area contributed by atoms with Gasteiger partial charge in [-0.1, -0.05) is 19.9 Å². The Labute approximate surface area is 225 Å². The second kappa shape index (κ2) is 13.5. The molecule has 5 nitrogen and oxygen atoms in total. The average Bonchev–Trinajstić information content (AvgIpc) is 2.89. The van der Waals surface area contributed by atoms with Gasteiger partial charge in [0.15, 0.2) is 0 Å². The second-order valence-electron chi connectivity index (χ2n) is 10.6. The van der Waals surface area contributed by atoms with Gasteiger partial charge in [-0.2, -0.15) is 13.2 Å². The van der Waals surface area contributed by atoms with Crippen LogP contribution in [0.3, 0.4) is 0 Å². The largest absolute Gasteiger partial charge is 0.493 e. The molecule has 1 heterocycles. The number of rotatable bonds is 11. The van der Waals surface area contributed by atoms with E-state index in [2.05, 4.69) is 57.0 Å². The molecule has 1 atom stereocenters. The van der Waals surface area contributed by atoms with Crippen molar-refractivity contribution in [2.24, 2.45) is 5.92 Å². The Kier molecular flexibility index (Phi) is 10.6. The minimum absolute atomic E-state index is 0.179. The molecule has 1 unspecified atom stereocenters. The van der Waals surface area contributed by atoms with Crippen molar-refractivity contribution in [1.82, 2.24) is 15.1 Å². The van der Waals surface area contributed by atoms with Gasteiger partial charge in [0.05, 0.1) is 12.2 Å². The second-order valence-corrected chi connectivity index (χ2v) is 10.6. The van der Waals surface area contributed by atoms with Gasteiger partial charge < -0.3 is 15.0 Å². The number of amides is 1. The number of nitrogens with zero attached hydrogens (tertiary/aromatic N) is 2. The lowest BCUT2D eigenvalue weighted by molar-refractivity contribution is -0.137. The van der Waals surface area contributed by atoms with Gasteiger partial charge in [-0.15, -0.1) is 0 Å². The Morgan fingerprint density at radius 3 is 2.21 bits per heavy atom. The van der Waals surface area contributed by atoms with Crippen molar-refractivity contribution < 1.29 is 22.7 Å². The molecule has 0 saturated carbocycles. The van der Waals surface area contributed by atoms with Crippen molar-refractivity contribution >= 4 is 5.91 Å². The SMILES string of the molecule is Cc1c(OCCCCNCC(C)C)ccc(C(C)N2CCN(C(=O)c3ccc(C(F)(F)F)cc3)CC2)c1C. The van der Waals surface area contributed by atoms with Crippen molar-refractivity contribution in [3.63, 3.8) is 0 Å². The Morgan fingerprint density at radius 2 is 1.61 bits per heavy atom. The van der Waals surface area contributed by atoms with Crippen LogP contribution in [0.1, 0.15) is 72.3 Å². The summed E-state index contributed by atoms with van der Waals surface area (Å²) in [6.45, 7) is 16.1. The first-order valence-corrected chi connectivity index (χ1v) is 13.6. The van der Waals surface area contributed by atoms with Crippen LogP contribution in [-0.4, -0.2) is 61.6 Å². The number of hydrogen-bond donors (Lipinski definition) is 1. The van der Waals surface area contributed by atoms with Crippen LogP contribution in [-0.2, 0) is 6.18 Å². The van der Waals surface area contributed by atoms with E-state index >= 15 is 0 Å². The molecule has 210 valence electrons. The highest BCUT2D eigenvalue weighted by Crippen LogP contribution is 2.32. The standard InChI is InChI=1S/C30H42F3N3O2/c1-21(2)20-34-14-6-7-19-38-28-13-12-27(22(3)23(28)4)24(5)35-15-17-36(18-16-35)29(37)25-8-10-26(11-9-25)30(31,32)33/h8-13,21,24,34H,6-7,14-20H2,1-5H3. The molecule has 0 radical (unpaired) electrons. The normalized spacial score (nSPS) is 15.7. The highest BCUT2D eigenvalue weighted by Gasteiger charge is 2.31. The predicted molar refractivity (Wildman–Crippen MR) is 146 cm³/mol. The molecule has 1 aliphatic rings. The summed E-state index contributed by atoms with van der Waals surface area (Å²) in [4.78, 5) is 16.9. The predicted octanol–water partition coefficient (Wildman–Crippen LogP) is 6.25. The maximum atomic E-state index is 12.8. The van der Waals surface area contributed by atoms with Crippen LogP contribution in [0.2, 0.25) is 0 Å². The van der Waals surface area contributed by atoms with E-state index in [4.69, 9.17) is 4.74 Å². The van der Waals surface area contributed by atoms with E-state index in [1.54, 1.807) is 4.90 Å². The third kappa shape index (κ3) is 7.96. The maximum Gasteiger partial charge on any atom is 0.416 e. The molecule has 1 N–H and O–H groups in total. The molecule has 2 aromatic carbocycles. The van der Waals surface area contributed by atoms with E-state index in [9.17, 15) is 18.0 Å². The van der Waals surface area contributed by atoms with Crippen LogP contribution >= 0.6 is 0 Å². The monoisotopic (exact) mass is 533 g/mol. The number of benzene rings is 2. The Bertz CT molecular complexity index is 1050. The minimum Gasteiger partial charge on any atom is -0.493 e. The van der Waals surface area contributed by atoms with Crippen LogP contribution in [0, 0.1) is 19.8 Å². The fraction of sp³-hybridized carbons (Fsp3) is 0.567. The molecule has 0 spiro atoms. The first kappa shape index (κ1) is 30.0. The van der Waals surface area contributed by atoms with Crippen LogP contribution in [0.25, 0.3) is 0 Å². The Hall–Kier alpha value is -2.58. The van der Waals surface area contributed by atoms with Gasteiger partial charge in [-0.3, -0.25) is 9.69 Å². The van der Waals surface area contributed by atoms with Crippen molar-refractivity contribution in [3.05, 3.63) is 64.2 Å². The average molecular weight is 534 g/mol. The number of alkyl halides is 3. The van der Waals surface area contributed by atoms with Crippen molar-refractivity contribution in [3.8, 4) is 5.75 Å². The van der Waals surface area contributed by atoms with E-state index in [1.165, 1.54) is 23.3 Å². The summed E-state index contributed by atoms with van der Waals surface area (Å²) in [6, 6.07) is 8.85. The molecule has 38 heavy (non-hydrogen) atoms. The number of unbranched alkanes of at least 4 members (excludes halogenated alkanes) is 1. The summed E-state index contributed by atoms with van der Waals surface area (Å²) in [5.41, 5.74) is 3.16. The van der Waals surface area contributed by atoms with Gasteiger partial charge in [-0.25, -0.2) is 0 Å². The topological polar surface area (TPSA) is 44.8 Å². The molecule has 0 bridgehead atoms. The summed E-state index contributed by atoms with van der Waals surface area (Å²) >= 11 is 0. The van der Waals surface area contributed by atoms with Crippen molar-refractivity contribution in [1.29, 1.82) is 0 Å². The number of carbonyl (C=O) groups excluding carboxylic acids is 1. The van der Waals surface area contributed by atoms with Gasteiger partial charge in [0.1, 0.15) is 5.75 Å². The fourth-order valence-electron chi connectivity index (χ4n) is 4.84. The molecule has 2 aromatic rings. The third-order valence-electron chi connectivity index (χ3n) is 7.40. The summed E-state index contributed by atoms with van der Waals surface area (Å²) in [7, 11) is 0. The maximum absolute atomic E-state index is 12.8. The van der Waals surface area contributed by atoms with E-state index in [0.717, 1.165) is 49.4 Å². The number of piperazine rings is 1. The zero-order valence-corrected chi connectivity index (χ0v) is 23.3. The van der Waals surface area contributed by atoms with Crippen molar-refractivity contribution in [2.45, 2.75) is 59.7 Å². The molecule has 1 aliphatic heterocycles. The molecule has 1 amide bonds. The summed E-state index contributed by atoms with van der Waals surface area (Å²) in [5, 5.41) is 3.46. The van der Waals surface area contributed by atoms with E-state index < -0.39 is 11.7 Å². The molecule has 1 fully saturated rings. The first-order chi connectivity index (χ1) is 18.0. The Balaban J connectivity index is 1.50. The molecule has 8 heteroatoms. The number of hydrogen-bond acceptors (Lipinski definition) is 4. The fourth-order valence-corrected chi connectivity index (χ4v) is 4.84. The van der Waals surface area contributed by atoms with E-state index in [0.29, 0.717) is 38.7 Å². The molecule has 0 aliphatic carbocycles. The minimum atomic E-state index is -4.41. The molecule has 0 aromatic heterocycles. The lowest BCUT2D eigenvalue weighted by Crippen LogP contribution is -2.49. The van der Waals surface area contributed by atoms with Crippen LogP contribution < -0.4 is 10.1 Å². The zero-order valence-electron chi connectivity index (χ0n) is 23.3. The third-order valence-corrected chi connectivity index (χ3v) is 7.40. The van der Waals surface area contributed by atoms with Crippen LogP contribution in [0.15, 0.2) is 36.4 Å². The number of carbonyl (C=O) groups is 1. The number of halogens is 3. The quantitative estimate of drug-likeness (QED) is 0.347. The summed E-state index contributed by atoms with van der Waals surface area (Å²) < 4.78 is 44.6. The smallest absolute Gasteiger partial charge is 0.416 e. The molecular formula is C30H42F3N3O2. The van der Waals surface area contributed by atoms with Gasteiger partial charge in [0, 0.05) is 37.8 Å². The van der Waals surface area contributed by atoms with E-state index in [1.807, 2.05) is 0 Å². The lowest BCUT2D eigenvalue weighted by Gasteiger charge is -2.39. The lowest BCUT2D eigenvalue weighted by atomic mass is 9.96. The van der Waals surface area contributed by atoms with Crippen LogP contribution in [0.4, 0.5) is 13.2 Å². The summed E-state index contributed by atoms with van der Waals surface area (Å²) in [6.07, 6.45) is -2.31. The van der Waals surface area contributed by atoms with Crippen LogP contribution in [0.5, 0.6) is 5.75 Å². The molecular weight excluding hydrogens is 491 g/mol. The Morgan fingerprint density at radius 1 is 0.947 bits per heavy atom. The zero-order chi connectivity index (χ0) is 27.9. The molecule has 1 saturated heterocycles. The number of nitrogens with one attached hydrogen (secondary N) is 1. The highest BCUT2D eigenvalue weighted by atomic mass is 19.4. The van der Waals surface area contributed by atoms with Gasteiger partial charge >= 0.3 is 6.18 Å². The van der Waals surface area contributed by atoms with Gasteiger partial charge in [-0.05, 0) is 99.6 Å². The van der Waals surface area contributed by atoms with Crippen molar-refractivity contribution in [2.75, 3.05) is 45.9 Å². The highest BCUT2D eigenvalue weighted by molar-refractivity contribution is 5.94. The van der Waals surface area contributed by atoms with Gasteiger partial charge in [0.25, 0.3) is 5.91 Å². The first-order valence-electron chi connectivity index (χ1n) is 13.6. The van der Waals surface area contributed by atoms with Gasteiger partial charge in [0.2, 0.25) is 0 Å². The summed E-state index contributed by atoms with van der Waals surface area (Å²) in [5.74, 6) is 1.37. The van der Waals surface area contributed by atoms with E-state index in [-0.39, 0.29) is 17.5 Å².